The van der Waals surface area contributed by atoms with Crippen LogP contribution in [0.3, 0.4) is 0 Å². The van der Waals surface area contributed by atoms with Crippen LogP contribution < -0.4 is 5.32 Å². The Bertz CT molecular complexity index is 1140. The van der Waals surface area contributed by atoms with E-state index in [2.05, 4.69) is 20.5 Å². The normalized spacial score (nSPS) is 10.9. The Kier molecular flexibility index (Phi) is 5.36. The Morgan fingerprint density at radius 1 is 1.04 bits per heavy atom. The van der Waals surface area contributed by atoms with Gasteiger partial charge < -0.3 is 5.32 Å². The summed E-state index contributed by atoms with van der Waals surface area (Å²) in [5, 5.41) is 13.4. The number of rotatable bonds is 5. The number of benzene rings is 2. The van der Waals surface area contributed by atoms with E-state index >= 15 is 0 Å². The molecule has 7 heteroatoms. The van der Waals surface area contributed by atoms with Crippen molar-refractivity contribution < 1.29 is 4.79 Å². The number of fused-ring (bicyclic) bond motifs is 1. The molecule has 4 rings (SSSR count). The van der Waals surface area contributed by atoms with Crippen LogP contribution in [0.2, 0.25) is 0 Å². The molecule has 0 bridgehead atoms. The highest BCUT2D eigenvalue weighted by molar-refractivity contribution is 8.00. The van der Waals surface area contributed by atoms with E-state index in [1.54, 1.807) is 11.3 Å². The van der Waals surface area contributed by atoms with E-state index < -0.39 is 0 Å². The zero-order valence-electron chi connectivity index (χ0n) is 15.5. The van der Waals surface area contributed by atoms with Gasteiger partial charge in [0.15, 0.2) is 0 Å². The molecule has 0 saturated heterocycles. The summed E-state index contributed by atoms with van der Waals surface area (Å²) < 4.78 is 1.00. The van der Waals surface area contributed by atoms with Crippen LogP contribution in [0.4, 0.5) is 5.69 Å². The summed E-state index contributed by atoms with van der Waals surface area (Å²) in [5.74, 6) is 0.174. The number of carbonyl (C=O) groups is 1. The minimum absolute atomic E-state index is 0.0756. The third kappa shape index (κ3) is 3.90. The van der Waals surface area contributed by atoms with Gasteiger partial charge >= 0.3 is 0 Å². The van der Waals surface area contributed by atoms with Gasteiger partial charge in [0, 0.05) is 11.3 Å². The number of nitrogens with zero attached hydrogens (tertiary/aromatic N) is 3. The molecule has 28 heavy (non-hydrogen) atoms. The van der Waals surface area contributed by atoms with Crippen LogP contribution in [0.1, 0.15) is 10.6 Å². The molecule has 0 spiro atoms. The Balaban J connectivity index is 1.56. The van der Waals surface area contributed by atoms with Crippen LogP contribution >= 0.6 is 23.1 Å². The van der Waals surface area contributed by atoms with Crippen molar-refractivity contribution in [2.75, 3.05) is 11.1 Å². The van der Waals surface area contributed by atoms with Crippen LogP contribution in [-0.4, -0.2) is 26.8 Å². The van der Waals surface area contributed by atoms with Gasteiger partial charge in [-0.2, -0.15) is 0 Å². The highest BCUT2D eigenvalue weighted by Gasteiger charge is 2.17. The largest absolute Gasteiger partial charge is 0.325 e. The third-order valence-corrected chi connectivity index (χ3v) is 6.13. The lowest BCUT2D eigenvalue weighted by molar-refractivity contribution is -0.113. The van der Waals surface area contributed by atoms with Crippen LogP contribution in [0.25, 0.3) is 21.5 Å². The summed E-state index contributed by atoms with van der Waals surface area (Å²) >= 11 is 2.96. The lowest BCUT2D eigenvalue weighted by atomic mass is 10.1. The van der Waals surface area contributed by atoms with E-state index in [1.807, 2.05) is 68.4 Å². The maximum atomic E-state index is 12.4. The molecule has 1 amide bonds. The van der Waals surface area contributed by atoms with Crippen molar-refractivity contribution in [3.63, 3.8) is 0 Å². The smallest absolute Gasteiger partial charge is 0.234 e. The Labute approximate surface area is 171 Å². The molecule has 4 aromatic rings. The Morgan fingerprint density at radius 2 is 1.79 bits per heavy atom. The maximum absolute atomic E-state index is 12.4. The number of hydrogen-bond donors (Lipinski definition) is 1. The summed E-state index contributed by atoms with van der Waals surface area (Å²) in [6, 6.07) is 17.7. The molecule has 140 valence electrons. The summed E-state index contributed by atoms with van der Waals surface area (Å²) in [4.78, 5) is 17.0. The second-order valence-corrected chi connectivity index (χ2v) is 8.45. The van der Waals surface area contributed by atoms with Crippen LogP contribution in [0.15, 0.2) is 59.6 Å². The maximum Gasteiger partial charge on any atom is 0.234 e. The van der Waals surface area contributed by atoms with Gasteiger partial charge in [0.1, 0.15) is 16.2 Å². The highest BCUT2D eigenvalue weighted by Crippen LogP contribution is 2.35. The molecule has 0 aliphatic heterocycles. The van der Waals surface area contributed by atoms with Crippen molar-refractivity contribution in [1.29, 1.82) is 0 Å². The standard InChI is InChI=1S/C21H18N4OS2/c1-13-8-6-7-11-16(13)23-17(26)12-27-21-19-20(28-14(2)22-19)18(24-25-21)15-9-4-3-5-10-15/h3-11H,12H2,1-2H3,(H,23,26). The topological polar surface area (TPSA) is 67.8 Å². The first-order valence-electron chi connectivity index (χ1n) is 8.79. The number of amides is 1. The summed E-state index contributed by atoms with van der Waals surface area (Å²) in [7, 11) is 0. The van der Waals surface area contributed by atoms with Gasteiger partial charge in [0.25, 0.3) is 0 Å². The minimum atomic E-state index is -0.0756. The fourth-order valence-corrected chi connectivity index (χ4v) is 4.55. The molecule has 5 nitrogen and oxygen atoms in total. The van der Waals surface area contributed by atoms with Crippen molar-refractivity contribution in [2.24, 2.45) is 0 Å². The van der Waals surface area contributed by atoms with E-state index in [0.29, 0.717) is 5.03 Å². The van der Waals surface area contributed by atoms with Crippen molar-refractivity contribution in [2.45, 2.75) is 18.9 Å². The zero-order valence-corrected chi connectivity index (χ0v) is 17.1. The van der Waals surface area contributed by atoms with Crippen molar-refractivity contribution >= 4 is 44.9 Å². The molecule has 0 radical (unpaired) electrons. The number of carbonyl (C=O) groups excluding carboxylic acids is 1. The van der Waals surface area contributed by atoms with E-state index in [4.69, 9.17) is 0 Å². The van der Waals surface area contributed by atoms with Gasteiger partial charge in [-0.3, -0.25) is 4.79 Å². The molecule has 0 aliphatic carbocycles. The van der Waals surface area contributed by atoms with Crippen molar-refractivity contribution in [3.05, 3.63) is 65.2 Å². The highest BCUT2D eigenvalue weighted by atomic mass is 32.2. The Hall–Kier alpha value is -2.77. The first-order valence-corrected chi connectivity index (χ1v) is 10.6. The molecule has 2 heterocycles. The van der Waals surface area contributed by atoms with E-state index in [0.717, 1.165) is 37.7 Å². The van der Waals surface area contributed by atoms with Gasteiger partial charge in [0.05, 0.1) is 15.5 Å². The lowest BCUT2D eigenvalue weighted by Crippen LogP contribution is -2.15. The van der Waals surface area contributed by atoms with Crippen molar-refractivity contribution in [1.82, 2.24) is 15.2 Å². The number of aryl methyl sites for hydroxylation is 2. The number of thioether (sulfide) groups is 1. The van der Waals surface area contributed by atoms with Gasteiger partial charge in [-0.15, -0.1) is 21.5 Å². The SMILES string of the molecule is Cc1nc2c(SCC(=O)Nc3ccccc3C)nnc(-c3ccccc3)c2s1. The summed E-state index contributed by atoms with van der Waals surface area (Å²) in [5.41, 5.74) is 4.51. The molecule has 1 N–H and O–H groups in total. The molecule has 0 saturated carbocycles. The monoisotopic (exact) mass is 406 g/mol. The molecule has 0 unspecified atom stereocenters. The van der Waals surface area contributed by atoms with Gasteiger partial charge in [-0.1, -0.05) is 60.3 Å². The number of thiazole rings is 1. The summed E-state index contributed by atoms with van der Waals surface area (Å²) in [6.07, 6.45) is 0. The molecular weight excluding hydrogens is 388 g/mol. The number of anilines is 1. The second kappa shape index (κ2) is 8.08. The molecule has 2 aromatic heterocycles. The number of aromatic nitrogens is 3. The first-order chi connectivity index (χ1) is 13.6. The number of hydrogen-bond acceptors (Lipinski definition) is 6. The minimum Gasteiger partial charge on any atom is -0.325 e. The molecular formula is C21H18N4OS2. The fourth-order valence-electron chi connectivity index (χ4n) is 2.84. The Morgan fingerprint density at radius 3 is 2.57 bits per heavy atom. The zero-order chi connectivity index (χ0) is 19.5. The lowest BCUT2D eigenvalue weighted by Gasteiger charge is -2.08. The first kappa shape index (κ1) is 18.6. The van der Waals surface area contributed by atoms with Crippen molar-refractivity contribution in [3.8, 4) is 11.3 Å². The molecule has 2 aromatic carbocycles. The number of para-hydroxylation sites is 1. The molecule has 0 fully saturated rings. The fraction of sp³-hybridized carbons (Fsp3) is 0.143. The quantitative estimate of drug-likeness (QED) is 0.467. The van der Waals surface area contributed by atoms with E-state index in [1.165, 1.54) is 11.8 Å². The average molecular weight is 407 g/mol. The molecule has 0 atom stereocenters. The van der Waals surface area contributed by atoms with Gasteiger partial charge in [-0.05, 0) is 25.5 Å². The average Bonchev–Trinajstić information content (AvgIpc) is 3.10. The van der Waals surface area contributed by atoms with Crippen LogP contribution in [0.5, 0.6) is 0 Å². The van der Waals surface area contributed by atoms with Crippen LogP contribution in [-0.2, 0) is 4.79 Å². The van der Waals surface area contributed by atoms with Crippen LogP contribution in [0, 0.1) is 13.8 Å². The van der Waals surface area contributed by atoms with E-state index in [-0.39, 0.29) is 11.7 Å². The second-order valence-electron chi connectivity index (χ2n) is 6.28. The van der Waals surface area contributed by atoms with E-state index in [9.17, 15) is 4.79 Å². The molecule has 0 aliphatic rings. The number of nitrogens with one attached hydrogen (secondary N) is 1. The predicted molar refractivity (Wildman–Crippen MR) is 116 cm³/mol. The summed E-state index contributed by atoms with van der Waals surface area (Å²) in [6.45, 7) is 3.94. The third-order valence-electron chi connectivity index (χ3n) is 4.20. The van der Waals surface area contributed by atoms with Gasteiger partial charge in [-0.25, -0.2) is 4.98 Å². The predicted octanol–water partition coefficient (Wildman–Crippen LogP) is 5.10. The van der Waals surface area contributed by atoms with Gasteiger partial charge in [0.2, 0.25) is 5.91 Å².